The van der Waals surface area contributed by atoms with Gasteiger partial charge < -0.3 is 17.8 Å². The molecular weight excluding hydrogens is 229 g/mol. The third-order valence-corrected chi connectivity index (χ3v) is 1.86. The average Bonchev–Trinajstić information content (AvgIpc) is 2.02. The van der Waals surface area contributed by atoms with Crippen LogP contribution in [0.15, 0.2) is 24.3 Å². The molecule has 0 saturated carbocycles. The fraction of sp³-hybridized carbons (Fsp3) is 0.333. The van der Waals surface area contributed by atoms with Gasteiger partial charge in [0.15, 0.2) is 0 Å². The quantitative estimate of drug-likeness (QED) is 0.601. The Balaban J connectivity index is 0.00000196. The first kappa shape index (κ1) is 15.7. The molecule has 0 amide bonds. The smallest absolute Gasteiger partial charge is 0.445 e. The topological polar surface area (TPSA) is 3.24 Å². The summed E-state index contributed by atoms with van der Waals surface area (Å²) in [6.45, 7) is -4.20. The maximum absolute atomic E-state index is 12.2. The van der Waals surface area contributed by atoms with E-state index < -0.39 is 12.4 Å². The molecular formula is C9H12BF3KN. The molecule has 0 aromatic heterocycles. The summed E-state index contributed by atoms with van der Waals surface area (Å²) in [6.07, 6.45) is 0. The van der Waals surface area contributed by atoms with Crippen LogP contribution in [-0.4, -0.2) is 26.0 Å². The Labute approximate surface area is 131 Å². The number of hydrogen-bond donors (Lipinski definition) is 0. The normalized spacial score (nSPS) is 11.3. The molecule has 15 heavy (non-hydrogen) atoms. The van der Waals surface area contributed by atoms with Crippen molar-refractivity contribution in [1.82, 2.24) is 4.90 Å². The predicted molar refractivity (Wildman–Crippen MR) is 52.5 cm³/mol. The van der Waals surface area contributed by atoms with Crippen molar-refractivity contribution in [1.29, 1.82) is 0 Å². The van der Waals surface area contributed by atoms with Gasteiger partial charge in [-0.1, -0.05) is 24.3 Å². The summed E-state index contributed by atoms with van der Waals surface area (Å²) in [6, 6.07) is 5.31. The Morgan fingerprint density at radius 2 is 1.53 bits per heavy atom. The molecule has 6 heteroatoms. The molecule has 0 radical (unpaired) electrons. The van der Waals surface area contributed by atoms with Crippen molar-refractivity contribution in [2.24, 2.45) is 0 Å². The van der Waals surface area contributed by atoms with Crippen LogP contribution in [0.3, 0.4) is 0 Å². The summed E-state index contributed by atoms with van der Waals surface area (Å²) in [5.41, 5.74) is 0.353. The van der Waals surface area contributed by atoms with E-state index in [-0.39, 0.29) is 51.4 Å². The largest absolute Gasteiger partial charge is 1.00 e. The Hall–Kier alpha value is 0.671. The summed E-state index contributed by atoms with van der Waals surface area (Å²) in [7, 11) is 3.75. The minimum atomic E-state index is -4.86. The summed E-state index contributed by atoms with van der Waals surface area (Å²) >= 11 is 0. The van der Waals surface area contributed by atoms with Crippen LogP contribution in [0.25, 0.3) is 0 Å². The van der Waals surface area contributed by atoms with Crippen LogP contribution in [0, 0.1) is 0 Å². The molecule has 0 bridgehead atoms. The van der Waals surface area contributed by atoms with Gasteiger partial charge in [-0.25, -0.2) is 0 Å². The number of hydrogen-bond acceptors (Lipinski definition) is 1. The molecule has 0 unspecified atom stereocenters. The van der Waals surface area contributed by atoms with Gasteiger partial charge >= 0.3 is 58.4 Å². The Morgan fingerprint density at radius 3 is 1.87 bits per heavy atom. The van der Waals surface area contributed by atoms with Crippen molar-refractivity contribution in [2.45, 2.75) is 6.54 Å². The van der Waals surface area contributed by atoms with Crippen molar-refractivity contribution in [3.05, 3.63) is 29.8 Å². The van der Waals surface area contributed by atoms with Crippen molar-refractivity contribution < 1.29 is 64.3 Å². The second kappa shape index (κ2) is 6.42. The third-order valence-electron chi connectivity index (χ3n) is 1.86. The molecule has 78 valence electrons. The second-order valence-corrected chi connectivity index (χ2v) is 3.55. The molecule has 0 atom stereocenters. The van der Waals surface area contributed by atoms with Gasteiger partial charge in [-0.15, -0.1) is 5.46 Å². The maximum Gasteiger partial charge on any atom is 1.00 e. The van der Waals surface area contributed by atoms with Gasteiger partial charge in [-0.2, -0.15) is 0 Å². The van der Waals surface area contributed by atoms with Gasteiger partial charge in [0.2, 0.25) is 0 Å². The van der Waals surface area contributed by atoms with Gasteiger partial charge in [-0.3, -0.25) is 0 Å². The van der Waals surface area contributed by atoms with E-state index in [0.29, 0.717) is 6.54 Å². The molecule has 0 heterocycles. The van der Waals surface area contributed by atoms with E-state index in [1.54, 1.807) is 0 Å². The third kappa shape index (κ3) is 5.51. The van der Waals surface area contributed by atoms with Gasteiger partial charge in [0.1, 0.15) is 0 Å². The number of benzene rings is 1. The first-order chi connectivity index (χ1) is 6.39. The first-order valence-electron chi connectivity index (χ1n) is 4.33. The minimum absolute atomic E-state index is 0. The van der Waals surface area contributed by atoms with Crippen LogP contribution in [0.1, 0.15) is 5.56 Å². The molecule has 1 aromatic rings. The molecule has 1 nitrogen and oxygen atoms in total. The average molecular weight is 241 g/mol. The molecule has 0 saturated heterocycles. The van der Waals surface area contributed by atoms with E-state index in [9.17, 15) is 12.9 Å². The van der Waals surface area contributed by atoms with E-state index in [1.807, 2.05) is 19.0 Å². The van der Waals surface area contributed by atoms with Crippen molar-refractivity contribution in [3.8, 4) is 0 Å². The van der Waals surface area contributed by atoms with Crippen LogP contribution < -0.4 is 56.8 Å². The van der Waals surface area contributed by atoms with Gasteiger partial charge in [0.05, 0.1) is 0 Å². The summed E-state index contributed by atoms with van der Waals surface area (Å²) in [4.78, 5) is 1.91. The molecule has 1 rings (SSSR count). The van der Waals surface area contributed by atoms with E-state index in [1.165, 1.54) is 12.1 Å². The number of halogens is 3. The molecule has 0 aliphatic heterocycles. The van der Waals surface area contributed by atoms with Crippen LogP contribution >= 0.6 is 0 Å². The van der Waals surface area contributed by atoms with Gasteiger partial charge in [0, 0.05) is 6.54 Å². The van der Waals surface area contributed by atoms with Crippen LogP contribution in [-0.2, 0) is 6.54 Å². The van der Waals surface area contributed by atoms with E-state index in [0.717, 1.165) is 17.7 Å². The van der Waals surface area contributed by atoms with E-state index >= 15 is 0 Å². The SMILES string of the molecule is CN(C)Cc1ccc([B-](F)(F)F)cc1.[K+]. The van der Waals surface area contributed by atoms with E-state index in [4.69, 9.17) is 0 Å². The summed E-state index contributed by atoms with van der Waals surface area (Å²) in [5.74, 6) is 0. The Morgan fingerprint density at radius 1 is 1.07 bits per heavy atom. The molecule has 1 aromatic carbocycles. The van der Waals surface area contributed by atoms with Crippen LogP contribution in [0.2, 0.25) is 0 Å². The fourth-order valence-corrected chi connectivity index (χ4v) is 1.21. The van der Waals surface area contributed by atoms with Crippen molar-refractivity contribution >= 4 is 12.4 Å². The molecule has 0 aliphatic carbocycles. The summed E-state index contributed by atoms with van der Waals surface area (Å²) in [5, 5.41) is 0. The monoisotopic (exact) mass is 241 g/mol. The minimum Gasteiger partial charge on any atom is -0.445 e. The zero-order valence-corrected chi connectivity index (χ0v) is 12.3. The standard InChI is InChI=1S/C9H12BF3N.K/c1-14(2)7-8-3-5-9(6-4-8)10(11,12)13;/h3-6H,7H2,1-2H3;/q-1;+1. The maximum atomic E-state index is 12.2. The van der Waals surface area contributed by atoms with Gasteiger partial charge in [0.25, 0.3) is 0 Å². The van der Waals surface area contributed by atoms with Crippen molar-refractivity contribution in [2.75, 3.05) is 14.1 Å². The second-order valence-electron chi connectivity index (χ2n) is 3.55. The van der Waals surface area contributed by atoms with E-state index in [2.05, 4.69) is 0 Å². The van der Waals surface area contributed by atoms with Crippen LogP contribution in [0.4, 0.5) is 12.9 Å². The number of nitrogens with zero attached hydrogens (tertiary/aromatic N) is 1. The molecule has 0 spiro atoms. The zero-order valence-electron chi connectivity index (χ0n) is 9.17. The van der Waals surface area contributed by atoms with Crippen molar-refractivity contribution in [3.63, 3.8) is 0 Å². The first-order valence-corrected chi connectivity index (χ1v) is 4.33. The number of rotatable bonds is 3. The predicted octanol–water partition coefficient (Wildman–Crippen LogP) is -1.19. The molecule has 0 fully saturated rings. The Kier molecular flexibility index (Phi) is 6.70. The zero-order chi connectivity index (χ0) is 10.8. The molecule has 0 aliphatic rings. The fourth-order valence-electron chi connectivity index (χ4n) is 1.21. The Bertz CT molecular complexity index is 297. The van der Waals surface area contributed by atoms with Crippen LogP contribution in [0.5, 0.6) is 0 Å². The molecule has 0 N–H and O–H groups in total. The van der Waals surface area contributed by atoms with Gasteiger partial charge in [-0.05, 0) is 19.7 Å². The summed E-state index contributed by atoms with van der Waals surface area (Å²) < 4.78 is 36.7.